The highest BCUT2D eigenvalue weighted by molar-refractivity contribution is 7.07. The summed E-state index contributed by atoms with van der Waals surface area (Å²) in [7, 11) is 1.51. The number of fused-ring (bicyclic) bond motifs is 2. The lowest BCUT2D eigenvalue weighted by Crippen LogP contribution is -2.41. The van der Waals surface area contributed by atoms with E-state index in [1.165, 1.54) is 11.7 Å². The van der Waals surface area contributed by atoms with Crippen LogP contribution < -0.4 is 24.5 Å². The molecule has 0 fully saturated rings. The first-order chi connectivity index (χ1) is 18.8. The molecule has 39 heavy (non-hydrogen) atoms. The second kappa shape index (κ2) is 10.8. The van der Waals surface area contributed by atoms with Gasteiger partial charge in [0.2, 0.25) is 0 Å². The molecule has 10 heteroatoms. The number of rotatable bonds is 7. The van der Waals surface area contributed by atoms with E-state index in [9.17, 15) is 14.4 Å². The number of methoxy groups -OCH3 is 1. The molecule has 2 aliphatic rings. The molecule has 8 nitrogen and oxygen atoms in total. The Morgan fingerprint density at radius 1 is 1.15 bits per heavy atom. The summed E-state index contributed by atoms with van der Waals surface area (Å²) in [6.45, 7) is 6.20. The number of ether oxygens (including phenoxy) is 2. The fourth-order valence-electron chi connectivity index (χ4n) is 5.09. The minimum absolute atomic E-state index is 0.155. The second-order valence-electron chi connectivity index (χ2n) is 9.21. The van der Waals surface area contributed by atoms with Gasteiger partial charge in [0.25, 0.3) is 11.5 Å². The number of anilines is 1. The number of carbonyl (C=O) groups is 2. The van der Waals surface area contributed by atoms with Crippen LogP contribution in [0.2, 0.25) is 5.02 Å². The van der Waals surface area contributed by atoms with E-state index in [2.05, 4.69) is 11.9 Å². The van der Waals surface area contributed by atoms with Crippen LogP contribution in [0.15, 0.2) is 63.5 Å². The quantitative estimate of drug-likeness (QED) is 0.404. The highest BCUT2D eigenvalue weighted by Gasteiger charge is 2.38. The molecule has 2 aromatic carbocycles. The number of hydrogen-bond donors (Lipinski definition) is 0. The maximum absolute atomic E-state index is 14.3. The normalized spacial score (nSPS) is 17.6. The van der Waals surface area contributed by atoms with Gasteiger partial charge in [-0.25, -0.2) is 9.79 Å². The van der Waals surface area contributed by atoms with Crippen molar-refractivity contribution < 1.29 is 19.1 Å². The zero-order valence-corrected chi connectivity index (χ0v) is 23.7. The lowest BCUT2D eigenvalue weighted by Gasteiger charge is -2.26. The molecular weight excluding hydrogens is 538 g/mol. The van der Waals surface area contributed by atoms with Crippen LogP contribution in [-0.2, 0) is 14.3 Å². The first-order valence-electron chi connectivity index (χ1n) is 12.8. The summed E-state index contributed by atoms with van der Waals surface area (Å²) in [5.41, 5.74) is 2.57. The van der Waals surface area contributed by atoms with Crippen molar-refractivity contribution >= 4 is 46.1 Å². The standard InChI is InChI=1S/C29H28ClN3O5S/c1-5-7-14-32-20-11-9-8-10-18(20)23(26(32)34)25-27(35)33-24(19-15-17(30)12-13-21(19)37-4)22(28(36)38-6-2)16(3)31-29(33)39-25/h8-13,15,24H,5-7,14H2,1-4H3/b25-23-/t24-/m1/s1. The average molecular weight is 566 g/mol. The van der Waals surface area contributed by atoms with Crippen LogP contribution in [0.4, 0.5) is 5.69 Å². The van der Waals surface area contributed by atoms with Gasteiger partial charge in [0, 0.05) is 22.7 Å². The number of aromatic nitrogens is 1. The number of benzene rings is 2. The van der Waals surface area contributed by atoms with Gasteiger partial charge in [-0.1, -0.05) is 54.5 Å². The molecule has 2 aliphatic heterocycles. The maximum atomic E-state index is 14.3. The van der Waals surface area contributed by atoms with Crippen LogP contribution in [-0.4, -0.2) is 36.7 Å². The molecule has 1 amide bonds. The number of carbonyl (C=O) groups excluding carboxylic acids is 2. The van der Waals surface area contributed by atoms with Crippen molar-refractivity contribution in [1.82, 2.24) is 4.57 Å². The summed E-state index contributed by atoms with van der Waals surface area (Å²) < 4.78 is 12.7. The maximum Gasteiger partial charge on any atom is 0.338 e. The molecule has 0 radical (unpaired) electrons. The summed E-state index contributed by atoms with van der Waals surface area (Å²) in [6, 6.07) is 11.6. The third-order valence-electron chi connectivity index (χ3n) is 6.86. The fraction of sp³-hybridized carbons (Fsp3) is 0.310. The number of allylic oxidation sites excluding steroid dienone is 1. The third-order valence-corrected chi connectivity index (χ3v) is 8.15. The Morgan fingerprint density at radius 3 is 2.64 bits per heavy atom. The van der Waals surface area contributed by atoms with E-state index in [0.29, 0.717) is 44.5 Å². The molecule has 0 N–H and O–H groups in total. The highest BCUT2D eigenvalue weighted by Crippen LogP contribution is 2.38. The van der Waals surface area contributed by atoms with E-state index in [0.717, 1.165) is 29.9 Å². The van der Waals surface area contributed by atoms with Crippen molar-refractivity contribution in [3.63, 3.8) is 0 Å². The summed E-state index contributed by atoms with van der Waals surface area (Å²) in [5, 5.41) is 0.417. The highest BCUT2D eigenvalue weighted by atomic mass is 35.5. The molecule has 1 atom stereocenters. The van der Waals surface area contributed by atoms with Gasteiger partial charge in [0.05, 0.1) is 36.2 Å². The predicted molar refractivity (Wildman–Crippen MR) is 151 cm³/mol. The monoisotopic (exact) mass is 565 g/mol. The fourth-order valence-corrected chi connectivity index (χ4v) is 6.41. The van der Waals surface area contributed by atoms with Gasteiger partial charge >= 0.3 is 5.97 Å². The van der Waals surface area contributed by atoms with Gasteiger partial charge in [0.1, 0.15) is 16.3 Å². The Bertz CT molecular complexity index is 1700. The molecule has 0 saturated heterocycles. The number of thiazole rings is 1. The van der Waals surface area contributed by atoms with Crippen molar-refractivity contribution in [1.29, 1.82) is 0 Å². The SMILES string of the molecule is CCCCN1C(=O)/C(=c2\sc3n(c2=O)[C@H](c2cc(Cl)ccc2OC)C(C(=O)OCC)=C(C)N=3)c2ccccc21. The third kappa shape index (κ3) is 4.49. The van der Waals surface area contributed by atoms with Gasteiger partial charge in [0.15, 0.2) is 4.80 Å². The number of amides is 1. The second-order valence-corrected chi connectivity index (χ2v) is 10.6. The van der Waals surface area contributed by atoms with E-state index in [1.807, 2.05) is 24.3 Å². The van der Waals surface area contributed by atoms with Crippen LogP contribution >= 0.6 is 22.9 Å². The Hall–Kier alpha value is -3.69. The van der Waals surface area contributed by atoms with Gasteiger partial charge in [-0.2, -0.15) is 0 Å². The van der Waals surface area contributed by atoms with Crippen molar-refractivity contribution in [2.75, 3.05) is 25.2 Å². The number of esters is 1. The Morgan fingerprint density at radius 2 is 1.92 bits per heavy atom. The molecule has 3 aromatic rings. The van der Waals surface area contributed by atoms with E-state index in [4.69, 9.17) is 21.1 Å². The molecule has 1 aromatic heterocycles. The van der Waals surface area contributed by atoms with Gasteiger partial charge in [-0.15, -0.1) is 0 Å². The van der Waals surface area contributed by atoms with Gasteiger partial charge in [-0.05, 0) is 44.5 Å². The van der Waals surface area contributed by atoms with Crippen LogP contribution in [0, 0.1) is 0 Å². The number of para-hydroxylation sites is 1. The Balaban J connectivity index is 1.82. The summed E-state index contributed by atoms with van der Waals surface area (Å²) >= 11 is 7.51. The zero-order chi connectivity index (χ0) is 27.8. The molecule has 3 heterocycles. The van der Waals surface area contributed by atoms with Crippen LogP contribution in [0.5, 0.6) is 5.75 Å². The summed E-state index contributed by atoms with van der Waals surface area (Å²) in [6.07, 6.45) is 1.77. The molecule has 5 rings (SSSR count). The molecule has 0 saturated carbocycles. The lowest BCUT2D eigenvalue weighted by molar-refractivity contribution is -0.139. The van der Waals surface area contributed by atoms with Crippen LogP contribution in [0.1, 0.15) is 50.8 Å². The van der Waals surface area contributed by atoms with Crippen LogP contribution in [0.3, 0.4) is 0 Å². The summed E-state index contributed by atoms with van der Waals surface area (Å²) in [4.78, 5) is 48.0. The molecule has 0 spiro atoms. The van der Waals surface area contributed by atoms with E-state index < -0.39 is 17.6 Å². The minimum atomic E-state index is -0.911. The van der Waals surface area contributed by atoms with E-state index >= 15 is 0 Å². The van der Waals surface area contributed by atoms with Gasteiger partial charge < -0.3 is 14.4 Å². The smallest absolute Gasteiger partial charge is 0.338 e. The molecule has 202 valence electrons. The average Bonchev–Trinajstić information content (AvgIpc) is 3.38. The van der Waals surface area contributed by atoms with Gasteiger partial charge in [-0.3, -0.25) is 14.2 Å². The first kappa shape index (κ1) is 26.9. The zero-order valence-electron chi connectivity index (χ0n) is 22.1. The van der Waals surface area contributed by atoms with E-state index in [-0.39, 0.29) is 22.6 Å². The van der Waals surface area contributed by atoms with Crippen molar-refractivity contribution in [3.05, 3.63) is 89.6 Å². The topological polar surface area (TPSA) is 90.2 Å². The van der Waals surface area contributed by atoms with Crippen LogP contribution in [0.25, 0.3) is 5.57 Å². The summed E-state index contributed by atoms with van der Waals surface area (Å²) in [5.74, 6) is -0.350. The molecular formula is C29H28ClN3O5S. The molecule has 0 unspecified atom stereocenters. The number of nitrogens with zero attached hydrogens (tertiary/aromatic N) is 3. The minimum Gasteiger partial charge on any atom is -0.496 e. The first-order valence-corrected chi connectivity index (χ1v) is 14.0. The molecule has 0 bridgehead atoms. The molecule has 0 aliphatic carbocycles. The number of hydrogen-bond acceptors (Lipinski definition) is 7. The Labute approximate surface area is 234 Å². The van der Waals surface area contributed by atoms with Crippen molar-refractivity contribution in [3.8, 4) is 5.75 Å². The van der Waals surface area contributed by atoms with Crippen molar-refractivity contribution in [2.24, 2.45) is 4.99 Å². The number of unbranched alkanes of at least 4 members (excludes halogenated alkanes) is 1. The largest absolute Gasteiger partial charge is 0.496 e. The Kier molecular flexibility index (Phi) is 7.46. The van der Waals surface area contributed by atoms with Crippen molar-refractivity contribution in [2.45, 2.75) is 39.7 Å². The predicted octanol–water partition coefficient (Wildman–Crippen LogP) is 3.98. The van der Waals surface area contributed by atoms with E-state index in [1.54, 1.807) is 36.9 Å². The number of halogens is 1. The lowest BCUT2D eigenvalue weighted by atomic mass is 9.95.